The van der Waals surface area contributed by atoms with Gasteiger partial charge in [0.2, 0.25) is 5.91 Å². The highest BCUT2D eigenvalue weighted by Gasteiger charge is 2.35. The largest absolute Gasteiger partial charge is 0.481 e. The molecule has 0 aliphatic heterocycles. The third-order valence-electron chi connectivity index (χ3n) is 4.14. The van der Waals surface area contributed by atoms with E-state index in [2.05, 4.69) is 5.32 Å². The Morgan fingerprint density at radius 2 is 1.85 bits per heavy atom. The normalized spacial score (nSPS) is 19.6. The summed E-state index contributed by atoms with van der Waals surface area (Å²) in [4.78, 5) is 23.0. The summed E-state index contributed by atoms with van der Waals surface area (Å²) in [6, 6.07) is -0.500. The second kappa shape index (κ2) is 7.62. The van der Waals surface area contributed by atoms with Crippen LogP contribution in [-0.4, -0.2) is 29.6 Å². The Labute approximate surface area is 121 Å². The maximum Gasteiger partial charge on any atom is 0.303 e. The van der Waals surface area contributed by atoms with Gasteiger partial charge in [0.05, 0.1) is 12.5 Å². The summed E-state index contributed by atoms with van der Waals surface area (Å²) >= 11 is 0. The van der Waals surface area contributed by atoms with Crippen molar-refractivity contribution in [2.24, 2.45) is 17.1 Å². The molecule has 1 rings (SSSR count). The van der Waals surface area contributed by atoms with E-state index in [1.165, 1.54) is 0 Å². The number of carbonyl (C=O) groups is 2. The number of amides is 1. The summed E-state index contributed by atoms with van der Waals surface area (Å²) in [5.74, 6) is -0.569. The van der Waals surface area contributed by atoms with Crippen LogP contribution in [0.5, 0.6) is 0 Å². The fraction of sp³-hybridized carbons (Fsp3) is 0.867. The van der Waals surface area contributed by atoms with E-state index in [-0.39, 0.29) is 17.7 Å². The fourth-order valence-electron chi connectivity index (χ4n) is 3.06. The SMILES string of the molecule is CC(C)CC(N)C(=O)NCC1(CC(=O)O)CCCCC1. The maximum atomic E-state index is 12.0. The van der Waals surface area contributed by atoms with Crippen molar-refractivity contribution >= 4 is 11.9 Å². The molecule has 1 saturated carbocycles. The number of nitrogens with two attached hydrogens (primary N) is 1. The van der Waals surface area contributed by atoms with Gasteiger partial charge in [0.15, 0.2) is 0 Å². The van der Waals surface area contributed by atoms with Gasteiger partial charge in [-0.15, -0.1) is 0 Å². The predicted molar refractivity (Wildman–Crippen MR) is 78.2 cm³/mol. The van der Waals surface area contributed by atoms with Crippen molar-refractivity contribution in [3.05, 3.63) is 0 Å². The Balaban J connectivity index is 2.53. The first-order valence-electron chi connectivity index (χ1n) is 7.60. The third kappa shape index (κ3) is 5.49. The standard InChI is InChI=1S/C15H28N2O3/c1-11(2)8-12(16)14(20)17-10-15(9-13(18)19)6-4-3-5-7-15/h11-12H,3-10,16H2,1-2H3,(H,17,20)(H,18,19). The molecule has 0 aromatic heterocycles. The molecule has 0 aromatic carbocycles. The van der Waals surface area contributed by atoms with E-state index in [1.54, 1.807) is 0 Å². The van der Waals surface area contributed by atoms with Crippen molar-refractivity contribution < 1.29 is 14.7 Å². The smallest absolute Gasteiger partial charge is 0.303 e. The van der Waals surface area contributed by atoms with Crippen molar-refractivity contribution in [1.82, 2.24) is 5.32 Å². The van der Waals surface area contributed by atoms with E-state index in [9.17, 15) is 9.59 Å². The Hall–Kier alpha value is -1.10. The van der Waals surface area contributed by atoms with E-state index in [0.717, 1.165) is 32.1 Å². The summed E-state index contributed by atoms with van der Waals surface area (Å²) in [6.07, 6.45) is 5.77. The lowest BCUT2D eigenvalue weighted by atomic mass is 9.71. The number of hydrogen-bond donors (Lipinski definition) is 3. The Morgan fingerprint density at radius 3 is 2.35 bits per heavy atom. The van der Waals surface area contributed by atoms with Gasteiger partial charge in [-0.1, -0.05) is 33.1 Å². The van der Waals surface area contributed by atoms with Crippen LogP contribution in [0.1, 0.15) is 58.8 Å². The number of nitrogens with one attached hydrogen (secondary N) is 1. The molecule has 5 heteroatoms. The number of rotatable bonds is 7. The zero-order chi connectivity index (χ0) is 15.2. The molecule has 20 heavy (non-hydrogen) atoms. The van der Waals surface area contributed by atoms with Crippen LogP contribution < -0.4 is 11.1 Å². The van der Waals surface area contributed by atoms with Gasteiger partial charge in [0, 0.05) is 6.54 Å². The zero-order valence-corrected chi connectivity index (χ0v) is 12.7. The van der Waals surface area contributed by atoms with Crippen molar-refractivity contribution in [2.45, 2.75) is 64.8 Å². The number of carboxylic acid groups (broad SMARTS) is 1. The van der Waals surface area contributed by atoms with Crippen molar-refractivity contribution in [3.8, 4) is 0 Å². The Bertz CT molecular complexity index is 336. The molecule has 0 bridgehead atoms. The molecule has 0 aromatic rings. The average Bonchev–Trinajstić information content (AvgIpc) is 2.35. The Kier molecular flexibility index (Phi) is 6.46. The lowest BCUT2D eigenvalue weighted by Crippen LogP contribution is -2.47. The van der Waals surface area contributed by atoms with Gasteiger partial charge in [-0.3, -0.25) is 9.59 Å². The van der Waals surface area contributed by atoms with Gasteiger partial charge in [0.25, 0.3) is 0 Å². The van der Waals surface area contributed by atoms with Crippen LogP contribution in [0.25, 0.3) is 0 Å². The van der Waals surface area contributed by atoms with Crippen LogP contribution in [0, 0.1) is 11.3 Å². The lowest BCUT2D eigenvalue weighted by molar-refractivity contribution is -0.140. The highest BCUT2D eigenvalue weighted by Crippen LogP contribution is 2.38. The molecule has 0 saturated heterocycles. The summed E-state index contributed by atoms with van der Waals surface area (Å²) in [7, 11) is 0. The van der Waals surface area contributed by atoms with Gasteiger partial charge >= 0.3 is 5.97 Å². The summed E-state index contributed by atoms with van der Waals surface area (Å²) in [5, 5.41) is 12.0. The quantitative estimate of drug-likeness (QED) is 0.665. The number of hydrogen-bond acceptors (Lipinski definition) is 3. The fourth-order valence-corrected chi connectivity index (χ4v) is 3.06. The topological polar surface area (TPSA) is 92.4 Å². The third-order valence-corrected chi connectivity index (χ3v) is 4.14. The molecule has 5 nitrogen and oxygen atoms in total. The minimum atomic E-state index is -0.785. The molecule has 4 N–H and O–H groups in total. The Morgan fingerprint density at radius 1 is 1.25 bits per heavy atom. The number of aliphatic carboxylic acids is 1. The molecule has 116 valence electrons. The maximum absolute atomic E-state index is 12.0. The van der Waals surface area contributed by atoms with E-state index in [1.807, 2.05) is 13.8 Å². The monoisotopic (exact) mass is 284 g/mol. The molecule has 1 aliphatic carbocycles. The molecule has 1 atom stereocenters. The van der Waals surface area contributed by atoms with Crippen LogP contribution in [0.4, 0.5) is 0 Å². The van der Waals surface area contributed by atoms with Gasteiger partial charge in [-0.25, -0.2) is 0 Å². The van der Waals surface area contributed by atoms with Crippen LogP contribution in [0.3, 0.4) is 0 Å². The summed E-state index contributed by atoms with van der Waals surface area (Å²) < 4.78 is 0. The van der Waals surface area contributed by atoms with Gasteiger partial charge in [-0.05, 0) is 30.6 Å². The van der Waals surface area contributed by atoms with Crippen LogP contribution in [-0.2, 0) is 9.59 Å². The van der Waals surface area contributed by atoms with Crippen LogP contribution in [0.15, 0.2) is 0 Å². The average molecular weight is 284 g/mol. The molecule has 0 heterocycles. The molecule has 1 amide bonds. The van der Waals surface area contributed by atoms with Crippen LogP contribution in [0.2, 0.25) is 0 Å². The molecule has 0 spiro atoms. The van der Waals surface area contributed by atoms with Gasteiger partial charge in [0.1, 0.15) is 0 Å². The van der Waals surface area contributed by atoms with Gasteiger partial charge < -0.3 is 16.2 Å². The minimum absolute atomic E-state index is 0.132. The first-order valence-corrected chi connectivity index (χ1v) is 7.60. The van der Waals surface area contributed by atoms with Crippen molar-refractivity contribution in [3.63, 3.8) is 0 Å². The highest BCUT2D eigenvalue weighted by molar-refractivity contribution is 5.81. The molecule has 1 fully saturated rings. The molecule has 0 radical (unpaired) electrons. The molecular weight excluding hydrogens is 256 g/mol. The van der Waals surface area contributed by atoms with Crippen molar-refractivity contribution in [2.75, 3.05) is 6.54 Å². The lowest BCUT2D eigenvalue weighted by Gasteiger charge is -2.36. The summed E-state index contributed by atoms with van der Waals surface area (Å²) in [6.45, 7) is 4.49. The first kappa shape index (κ1) is 17.0. The van der Waals surface area contributed by atoms with Gasteiger partial charge in [-0.2, -0.15) is 0 Å². The molecule has 1 aliphatic rings. The predicted octanol–water partition coefficient (Wildman–Crippen LogP) is 1.90. The number of carbonyl (C=O) groups excluding carboxylic acids is 1. The first-order chi connectivity index (χ1) is 9.34. The summed E-state index contributed by atoms with van der Waals surface area (Å²) in [5.41, 5.74) is 5.57. The molecular formula is C15H28N2O3. The highest BCUT2D eigenvalue weighted by atomic mass is 16.4. The minimum Gasteiger partial charge on any atom is -0.481 e. The van der Waals surface area contributed by atoms with E-state index in [0.29, 0.717) is 18.9 Å². The zero-order valence-electron chi connectivity index (χ0n) is 12.7. The van der Waals surface area contributed by atoms with E-state index >= 15 is 0 Å². The van der Waals surface area contributed by atoms with E-state index < -0.39 is 12.0 Å². The molecule has 1 unspecified atom stereocenters. The second-order valence-electron chi connectivity index (χ2n) is 6.59. The number of carboxylic acids is 1. The van der Waals surface area contributed by atoms with E-state index in [4.69, 9.17) is 10.8 Å². The van der Waals surface area contributed by atoms with Crippen LogP contribution >= 0.6 is 0 Å². The second-order valence-corrected chi connectivity index (χ2v) is 6.59. The van der Waals surface area contributed by atoms with Crippen molar-refractivity contribution in [1.29, 1.82) is 0 Å².